The molecular weight excluding hydrogens is 216 g/mol. The molecule has 0 saturated carbocycles. The van der Waals surface area contributed by atoms with Crippen molar-refractivity contribution in [3.8, 4) is 0 Å². The molecule has 0 aliphatic carbocycles. The molecule has 0 bridgehead atoms. The van der Waals surface area contributed by atoms with Gasteiger partial charge < -0.3 is 15.2 Å². The highest BCUT2D eigenvalue weighted by molar-refractivity contribution is 4.89. The molecule has 1 aromatic heterocycles. The highest BCUT2D eigenvalue weighted by Crippen LogP contribution is 2.21. The average molecular weight is 240 g/mol. The number of nitrogens with two attached hydrogens (primary N) is 1. The van der Waals surface area contributed by atoms with Crippen LogP contribution in [0.25, 0.3) is 0 Å². The lowest BCUT2D eigenvalue weighted by Gasteiger charge is -2.21. The molecule has 0 spiro atoms. The van der Waals surface area contributed by atoms with E-state index in [1.54, 1.807) is 0 Å². The maximum atomic E-state index is 6.06. The standard InChI is InChI=1S/C12H24N4O/c1-12(2,3)7-9(13)6-11-14-10(15-17-11)8-16(4)5/h9H,6-8,13H2,1-5H3. The molecule has 0 aliphatic heterocycles. The molecule has 0 fully saturated rings. The summed E-state index contributed by atoms with van der Waals surface area (Å²) in [7, 11) is 3.95. The summed E-state index contributed by atoms with van der Waals surface area (Å²) in [5.41, 5.74) is 6.29. The van der Waals surface area contributed by atoms with Crippen molar-refractivity contribution in [3.05, 3.63) is 11.7 Å². The third-order valence-corrected chi connectivity index (χ3v) is 2.28. The number of aromatic nitrogens is 2. The van der Waals surface area contributed by atoms with Crippen molar-refractivity contribution in [2.45, 2.75) is 46.2 Å². The molecule has 5 nitrogen and oxygen atoms in total. The van der Waals surface area contributed by atoms with Gasteiger partial charge >= 0.3 is 0 Å². The van der Waals surface area contributed by atoms with Crippen LogP contribution in [0.3, 0.4) is 0 Å². The fraction of sp³-hybridized carbons (Fsp3) is 0.833. The number of nitrogens with zero attached hydrogens (tertiary/aromatic N) is 3. The van der Waals surface area contributed by atoms with Gasteiger partial charge in [0, 0.05) is 12.5 Å². The van der Waals surface area contributed by atoms with Gasteiger partial charge in [0.25, 0.3) is 0 Å². The fourth-order valence-electron chi connectivity index (χ4n) is 1.80. The normalized spacial score (nSPS) is 14.3. The van der Waals surface area contributed by atoms with Crippen molar-refractivity contribution >= 4 is 0 Å². The van der Waals surface area contributed by atoms with Crippen molar-refractivity contribution in [3.63, 3.8) is 0 Å². The summed E-state index contributed by atoms with van der Waals surface area (Å²) in [6.45, 7) is 7.23. The first-order valence-electron chi connectivity index (χ1n) is 5.98. The Hall–Kier alpha value is -0.940. The summed E-state index contributed by atoms with van der Waals surface area (Å²) in [5.74, 6) is 1.35. The molecule has 2 N–H and O–H groups in total. The Balaban J connectivity index is 2.49. The molecule has 0 radical (unpaired) electrons. The van der Waals surface area contributed by atoms with Gasteiger partial charge in [0.15, 0.2) is 5.82 Å². The summed E-state index contributed by atoms with van der Waals surface area (Å²) in [4.78, 5) is 6.32. The third-order valence-electron chi connectivity index (χ3n) is 2.28. The molecule has 1 rings (SSSR count). The first-order chi connectivity index (χ1) is 7.76. The average Bonchev–Trinajstić information content (AvgIpc) is 2.46. The zero-order valence-electron chi connectivity index (χ0n) is 11.5. The summed E-state index contributed by atoms with van der Waals surface area (Å²) in [6.07, 6.45) is 1.59. The van der Waals surface area contributed by atoms with Gasteiger partial charge in [-0.3, -0.25) is 0 Å². The first-order valence-corrected chi connectivity index (χ1v) is 5.98. The van der Waals surface area contributed by atoms with Crippen molar-refractivity contribution in [1.82, 2.24) is 15.0 Å². The topological polar surface area (TPSA) is 68.2 Å². The largest absolute Gasteiger partial charge is 0.339 e. The Morgan fingerprint density at radius 2 is 2.00 bits per heavy atom. The van der Waals surface area contributed by atoms with Gasteiger partial charge in [0.2, 0.25) is 5.89 Å². The van der Waals surface area contributed by atoms with Gasteiger partial charge in [-0.2, -0.15) is 4.98 Å². The van der Waals surface area contributed by atoms with Crippen molar-refractivity contribution in [2.24, 2.45) is 11.1 Å². The molecule has 0 aromatic carbocycles. The molecule has 17 heavy (non-hydrogen) atoms. The van der Waals surface area contributed by atoms with E-state index >= 15 is 0 Å². The summed E-state index contributed by atoms with van der Waals surface area (Å²) < 4.78 is 5.18. The fourth-order valence-corrected chi connectivity index (χ4v) is 1.80. The maximum absolute atomic E-state index is 6.06. The van der Waals surface area contributed by atoms with Gasteiger partial charge in [-0.1, -0.05) is 25.9 Å². The predicted molar refractivity (Wildman–Crippen MR) is 67.4 cm³/mol. The Morgan fingerprint density at radius 1 is 1.35 bits per heavy atom. The molecule has 98 valence electrons. The Kier molecular flexibility index (Phi) is 4.65. The highest BCUT2D eigenvalue weighted by Gasteiger charge is 2.18. The van der Waals surface area contributed by atoms with Gasteiger partial charge in [0.1, 0.15) is 0 Å². The summed E-state index contributed by atoms with van der Waals surface area (Å²) >= 11 is 0. The van der Waals surface area contributed by atoms with E-state index in [1.807, 2.05) is 19.0 Å². The van der Waals surface area contributed by atoms with Gasteiger partial charge in [-0.15, -0.1) is 0 Å². The number of hydrogen-bond donors (Lipinski definition) is 1. The van der Waals surface area contributed by atoms with Crippen LogP contribution in [0.1, 0.15) is 38.9 Å². The van der Waals surface area contributed by atoms with Crippen LogP contribution < -0.4 is 5.73 Å². The molecule has 5 heteroatoms. The van der Waals surface area contributed by atoms with Crippen LogP contribution in [0.2, 0.25) is 0 Å². The quantitative estimate of drug-likeness (QED) is 0.843. The van der Waals surface area contributed by atoms with Crippen molar-refractivity contribution < 1.29 is 4.52 Å². The molecule has 1 heterocycles. The minimum absolute atomic E-state index is 0.0719. The minimum Gasteiger partial charge on any atom is -0.339 e. The van der Waals surface area contributed by atoms with E-state index in [2.05, 4.69) is 30.9 Å². The lowest BCUT2D eigenvalue weighted by molar-refractivity contribution is 0.310. The zero-order chi connectivity index (χ0) is 13.1. The van der Waals surface area contributed by atoms with Gasteiger partial charge in [-0.25, -0.2) is 0 Å². The second-order valence-electron chi connectivity index (χ2n) is 6.07. The van der Waals surface area contributed by atoms with Crippen LogP contribution in [0.4, 0.5) is 0 Å². The Labute approximate surface area is 103 Å². The van der Waals surface area contributed by atoms with E-state index in [1.165, 1.54) is 0 Å². The Morgan fingerprint density at radius 3 is 2.53 bits per heavy atom. The highest BCUT2D eigenvalue weighted by atomic mass is 16.5. The molecule has 1 unspecified atom stereocenters. The van der Waals surface area contributed by atoms with E-state index in [9.17, 15) is 0 Å². The number of rotatable bonds is 5. The van der Waals surface area contributed by atoms with Crippen LogP contribution in [-0.4, -0.2) is 35.2 Å². The molecule has 0 amide bonds. The van der Waals surface area contributed by atoms with E-state index in [-0.39, 0.29) is 11.5 Å². The maximum Gasteiger partial charge on any atom is 0.228 e. The van der Waals surface area contributed by atoms with Crippen molar-refractivity contribution in [2.75, 3.05) is 14.1 Å². The summed E-state index contributed by atoms with van der Waals surface area (Å²) in [5, 5.41) is 3.92. The minimum atomic E-state index is 0.0719. The van der Waals surface area contributed by atoms with Gasteiger partial charge in [-0.05, 0) is 25.9 Å². The molecular formula is C12H24N4O. The lowest BCUT2D eigenvalue weighted by Crippen LogP contribution is -2.28. The second-order valence-corrected chi connectivity index (χ2v) is 6.07. The second kappa shape index (κ2) is 5.60. The van der Waals surface area contributed by atoms with Crippen LogP contribution in [0, 0.1) is 5.41 Å². The SMILES string of the molecule is CN(C)Cc1noc(CC(N)CC(C)(C)C)n1. The summed E-state index contributed by atoms with van der Waals surface area (Å²) in [6, 6.07) is 0.0719. The van der Waals surface area contributed by atoms with Crippen molar-refractivity contribution in [1.29, 1.82) is 0 Å². The number of hydrogen-bond acceptors (Lipinski definition) is 5. The van der Waals surface area contributed by atoms with Crippen LogP contribution in [-0.2, 0) is 13.0 Å². The van der Waals surface area contributed by atoms with Crippen LogP contribution in [0.15, 0.2) is 4.52 Å². The first kappa shape index (κ1) is 14.1. The molecule has 1 atom stereocenters. The van der Waals surface area contributed by atoms with Crippen LogP contribution in [0.5, 0.6) is 0 Å². The van der Waals surface area contributed by atoms with E-state index in [0.717, 1.165) is 6.42 Å². The Bertz CT molecular complexity index is 341. The molecule has 0 saturated heterocycles. The zero-order valence-corrected chi connectivity index (χ0v) is 11.5. The van der Waals surface area contributed by atoms with E-state index < -0.39 is 0 Å². The van der Waals surface area contributed by atoms with Gasteiger partial charge in [0.05, 0.1) is 6.54 Å². The predicted octanol–water partition coefficient (Wildman–Crippen LogP) is 1.44. The monoisotopic (exact) mass is 240 g/mol. The lowest BCUT2D eigenvalue weighted by atomic mass is 9.87. The van der Waals surface area contributed by atoms with E-state index in [0.29, 0.717) is 24.7 Å². The smallest absolute Gasteiger partial charge is 0.228 e. The molecule has 0 aliphatic rings. The van der Waals surface area contributed by atoms with Crippen LogP contribution >= 0.6 is 0 Å². The molecule has 1 aromatic rings. The third kappa shape index (κ3) is 5.79. The van der Waals surface area contributed by atoms with E-state index in [4.69, 9.17) is 10.3 Å².